The molecule has 0 bridgehead atoms. The molecule has 0 saturated heterocycles. The Bertz CT molecular complexity index is 3000. The first-order valence-electron chi connectivity index (χ1n) is 18.9. The second-order valence-electron chi connectivity index (χ2n) is 14.4. The Morgan fingerprint density at radius 2 is 0.982 bits per heavy atom. The van der Waals surface area contributed by atoms with E-state index < -0.39 is 5.41 Å². The van der Waals surface area contributed by atoms with Crippen LogP contribution in [-0.2, 0) is 5.41 Å². The number of fused-ring (bicyclic) bond motifs is 7. The van der Waals surface area contributed by atoms with Gasteiger partial charge in [-0.2, -0.15) is 0 Å². The summed E-state index contributed by atoms with van der Waals surface area (Å²) in [6, 6.07) is 77.1. The van der Waals surface area contributed by atoms with Crippen LogP contribution in [0.1, 0.15) is 22.3 Å². The summed E-state index contributed by atoms with van der Waals surface area (Å²) in [4.78, 5) is 2.47. The number of anilines is 3. The highest BCUT2D eigenvalue weighted by molar-refractivity contribution is 6.14. The Labute approximate surface area is 320 Å². The molecule has 258 valence electrons. The average Bonchev–Trinajstić information content (AvgIpc) is 3.79. The highest BCUT2D eigenvalue weighted by Gasteiger charge is 2.47. The molecule has 0 aliphatic heterocycles. The maximum Gasteiger partial charge on any atom is 0.137 e. The van der Waals surface area contributed by atoms with Crippen LogP contribution in [0.25, 0.3) is 55.0 Å². The van der Waals surface area contributed by atoms with Crippen LogP contribution in [0.2, 0.25) is 0 Å². The minimum absolute atomic E-state index is 0.519. The summed E-state index contributed by atoms with van der Waals surface area (Å²) in [7, 11) is 0. The Hall–Kier alpha value is -7.16. The Morgan fingerprint density at radius 3 is 1.82 bits per heavy atom. The minimum Gasteiger partial charge on any atom is -0.456 e. The van der Waals surface area contributed by atoms with Crippen molar-refractivity contribution < 1.29 is 4.42 Å². The quantitative estimate of drug-likeness (QED) is 0.172. The summed E-state index contributed by atoms with van der Waals surface area (Å²) in [6.07, 6.45) is 0. The van der Waals surface area contributed by atoms with Gasteiger partial charge in [0.25, 0.3) is 0 Å². The van der Waals surface area contributed by atoms with Gasteiger partial charge >= 0.3 is 0 Å². The van der Waals surface area contributed by atoms with E-state index in [0.717, 1.165) is 39.0 Å². The summed E-state index contributed by atoms with van der Waals surface area (Å²) in [6.45, 7) is 0. The summed E-state index contributed by atoms with van der Waals surface area (Å²) in [5, 5.41) is 4.66. The van der Waals surface area contributed by atoms with Gasteiger partial charge in [-0.05, 0) is 86.1 Å². The molecular weight excluding hydrogens is 667 g/mol. The van der Waals surface area contributed by atoms with Crippen LogP contribution in [0.15, 0.2) is 217 Å². The zero-order chi connectivity index (χ0) is 36.3. The Kier molecular flexibility index (Phi) is 7.11. The van der Waals surface area contributed by atoms with Gasteiger partial charge < -0.3 is 9.32 Å². The van der Waals surface area contributed by atoms with Crippen molar-refractivity contribution in [1.82, 2.24) is 0 Å². The molecular formula is C53H35NO. The summed E-state index contributed by atoms with van der Waals surface area (Å²) >= 11 is 0. The maximum absolute atomic E-state index is 6.53. The van der Waals surface area contributed by atoms with Crippen LogP contribution in [-0.4, -0.2) is 0 Å². The smallest absolute Gasteiger partial charge is 0.137 e. The fourth-order valence-electron chi connectivity index (χ4n) is 9.30. The van der Waals surface area contributed by atoms with Crippen molar-refractivity contribution in [3.05, 3.63) is 235 Å². The van der Waals surface area contributed by atoms with Crippen LogP contribution in [0.4, 0.5) is 17.1 Å². The van der Waals surface area contributed by atoms with Crippen molar-refractivity contribution in [2.45, 2.75) is 5.41 Å². The van der Waals surface area contributed by atoms with E-state index in [-0.39, 0.29) is 0 Å². The van der Waals surface area contributed by atoms with Crippen molar-refractivity contribution >= 4 is 49.8 Å². The summed E-state index contributed by atoms with van der Waals surface area (Å²) in [5.74, 6) is 0. The van der Waals surface area contributed by atoms with Crippen molar-refractivity contribution in [3.8, 4) is 22.3 Å². The first-order valence-corrected chi connectivity index (χ1v) is 18.9. The molecule has 2 nitrogen and oxygen atoms in total. The Balaban J connectivity index is 1.25. The summed E-state index contributed by atoms with van der Waals surface area (Å²) < 4.78 is 6.53. The normalized spacial score (nSPS) is 12.9. The highest BCUT2D eigenvalue weighted by Crippen LogP contribution is 2.60. The van der Waals surface area contributed by atoms with Gasteiger partial charge in [0.05, 0.1) is 22.2 Å². The molecule has 0 unspecified atom stereocenters. The first-order chi connectivity index (χ1) is 27.3. The molecule has 1 aromatic heterocycles. The van der Waals surface area contributed by atoms with Gasteiger partial charge in [-0.25, -0.2) is 0 Å². The third kappa shape index (κ3) is 4.68. The van der Waals surface area contributed by atoms with Gasteiger partial charge in [0.1, 0.15) is 11.2 Å². The molecule has 0 radical (unpaired) electrons. The van der Waals surface area contributed by atoms with E-state index in [9.17, 15) is 0 Å². The molecule has 0 fully saturated rings. The number of benzene rings is 9. The van der Waals surface area contributed by atoms with Gasteiger partial charge in [-0.3, -0.25) is 0 Å². The molecule has 0 N–H and O–H groups in total. The van der Waals surface area contributed by atoms with E-state index in [0.29, 0.717) is 0 Å². The zero-order valence-electron chi connectivity index (χ0n) is 30.1. The van der Waals surface area contributed by atoms with Crippen molar-refractivity contribution in [2.75, 3.05) is 4.90 Å². The molecule has 11 rings (SSSR count). The fourth-order valence-corrected chi connectivity index (χ4v) is 9.30. The average molecular weight is 702 g/mol. The van der Waals surface area contributed by atoms with Gasteiger partial charge in [0.15, 0.2) is 0 Å². The van der Waals surface area contributed by atoms with E-state index in [1.54, 1.807) is 0 Å². The second-order valence-corrected chi connectivity index (χ2v) is 14.4. The lowest BCUT2D eigenvalue weighted by Gasteiger charge is -2.34. The molecule has 0 saturated carbocycles. The van der Waals surface area contributed by atoms with Gasteiger partial charge in [0.2, 0.25) is 0 Å². The predicted molar refractivity (Wildman–Crippen MR) is 229 cm³/mol. The molecule has 2 heteroatoms. The standard InChI is InChI=1S/C53H35NO/c1-3-20-38(21-4-1)53(39-22-5-2-6-23-39)45-29-11-9-26-43(45)51-46(53)30-15-31-47(51)54(48-32-16-34-50-52(48)44-27-10-12-33-49(44)55-50)40-24-13-19-37(35-40)42-28-14-18-36-17-7-8-25-41(36)42/h1-35H. The highest BCUT2D eigenvalue weighted by atomic mass is 16.3. The van der Waals surface area contributed by atoms with Crippen LogP contribution >= 0.6 is 0 Å². The van der Waals surface area contributed by atoms with E-state index in [2.05, 4.69) is 211 Å². The first kappa shape index (κ1) is 31.4. The zero-order valence-corrected chi connectivity index (χ0v) is 30.1. The largest absolute Gasteiger partial charge is 0.456 e. The fraction of sp³-hybridized carbons (Fsp3) is 0.0189. The van der Waals surface area contributed by atoms with Crippen molar-refractivity contribution in [2.24, 2.45) is 0 Å². The summed E-state index contributed by atoms with van der Waals surface area (Å²) in [5.41, 5.74) is 14.4. The number of hydrogen-bond acceptors (Lipinski definition) is 2. The molecule has 55 heavy (non-hydrogen) atoms. The molecule has 0 atom stereocenters. The van der Waals surface area contributed by atoms with E-state index in [4.69, 9.17) is 4.42 Å². The number of rotatable bonds is 6. The molecule has 1 aliphatic carbocycles. The SMILES string of the molecule is c1ccc(C2(c3ccccc3)c3ccccc3-c3c(N(c4cccc(-c5cccc6ccccc56)c4)c4cccc5oc6ccccc6c45)cccc32)cc1. The molecule has 0 spiro atoms. The number of nitrogens with zero attached hydrogens (tertiary/aromatic N) is 1. The number of hydrogen-bond donors (Lipinski definition) is 0. The third-order valence-corrected chi connectivity index (χ3v) is 11.5. The molecule has 1 heterocycles. The van der Waals surface area contributed by atoms with Gasteiger partial charge in [-0.15, -0.1) is 0 Å². The lowest BCUT2D eigenvalue weighted by molar-refractivity contribution is 0.669. The third-order valence-electron chi connectivity index (χ3n) is 11.5. The Morgan fingerprint density at radius 1 is 0.400 bits per heavy atom. The topological polar surface area (TPSA) is 16.4 Å². The van der Waals surface area contributed by atoms with Crippen LogP contribution in [0.5, 0.6) is 0 Å². The number of furan rings is 1. The predicted octanol–water partition coefficient (Wildman–Crippen LogP) is 14.2. The van der Waals surface area contributed by atoms with Crippen LogP contribution in [0.3, 0.4) is 0 Å². The lowest BCUT2D eigenvalue weighted by Crippen LogP contribution is -2.28. The lowest BCUT2D eigenvalue weighted by atomic mass is 9.68. The van der Waals surface area contributed by atoms with Crippen LogP contribution in [0, 0.1) is 0 Å². The molecule has 0 amide bonds. The van der Waals surface area contributed by atoms with E-state index in [1.807, 2.05) is 6.07 Å². The molecule has 9 aromatic carbocycles. The monoisotopic (exact) mass is 701 g/mol. The second kappa shape index (κ2) is 12.5. The van der Waals surface area contributed by atoms with Crippen molar-refractivity contribution in [1.29, 1.82) is 0 Å². The van der Waals surface area contributed by atoms with E-state index >= 15 is 0 Å². The van der Waals surface area contributed by atoms with Gasteiger partial charge in [-0.1, -0.05) is 176 Å². The maximum atomic E-state index is 6.53. The van der Waals surface area contributed by atoms with Gasteiger partial charge in [0, 0.05) is 16.6 Å². The number of para-hydroxylation sites is 1. The van der Waals surface area contributed by atoms with Crippen LogP contribution < -0.4 is 4.90 Å². The molecule has 10 aromatic rings. The van der Waals surface area contributed by atoms with E-state index in [1.165, 1.54) is 55.3 Å². The minimum atomic E-state index is -0.519. The van der Waals surface area contributed by atoms with Crippen molar-refractivity contribution in [3.63, 3.8) is 0 Å². The molecule has 1 aliphatic rings.